The number of halogens is 2. The van der Waals surface area contributed by atoms with E-state index in [0.717, 1.165) is 0 Å². The van der Waals surface area contributed by atoms with Crippen LogP contribution in [0.2, 0.25) is 0 Å². The summed E-state index contributed by atoms with van der Waals surface area (Å²) in [5.41, 5.74) is -0.369. The van der Waals surface area contributed by atoms with Gasteiger partial charge >= 0.3 is 5.97 Å². The van der Waals surface area contributed by atoms with E-state index in [-0.39, 0.29) is 17.4 Å². The first-order valence-electron chi connectivity index (χ1n) is 4.31. The third-order valence-corrected chi connectivity index (χ3v) is 2.48. The second-order valence-corrected chi connectivity index (χ2v) is 4.37. The molecule has 15 heavy (non-hydrogen) atoms. The molecule has 0 amide bonds. The molecular weight excluding hydrogens is 314 g/mol. The summed E-state index contributed by atoms with van der Waals surface area (Å²) in [4.78, 5) is 10.7. The second-order valence-electron chi connectivity index (χ2n) is 3.21. The van der Waals surface area contributed by atoms with Gasteiger partial charge in [-0.1, -0.05) is 0 Å². The summed E-state index contributed by atoms with van der Waals surface area (Å²) in [7, 11) is 0. The molecule has 0 aliphatic heterocycles. The number of hydrogen-bond donors (Lipinski definition) is 1. The minimum atomic E-state index is -1.29. The van der Waals surface area contributed by atoms with Crippen molar-refractivity contribution in [2.45, 2.75) is 20.0 Å². The van der Waals surface area contributed by atoms with Gasteiger partial charge in [0.2, 0.25) is 0 Å². The summed E-state index contributed by atoms with van der Waals surface area (Å²) in [6.07, 6.45) is -0.197. The Morgan fingerprint density at radius 3 is 2.60 bits per heavy atom. The van der Waals surface area contributed by atoms with E-state index >= 15 is 0 Å². The molecule has 0 unspecified atom stereocenters. The predicted molar refractivity (Wildman–Crippen MR) is 61.8 cm³/mol. The van der Waals surface area contributed by atoms with Crippen molar-refractivity contribution in [1.82, 2.24) is 0 Å². The van der Waals surface area contributed by atoms with Crippen LogP contribution in [0.25, 0.3) is 0 Å². The molecule has 82 valence electrons. The Morgan fingerprint density at radius 2 is 2.13 bits per heavy atom. The maximum Gasteiger partial charge on any atom is 0.338 e. The Kier molecular flexibility index (Phi) is 3.90. The summed E-state index contributed by atoms with van der Waals surface area (Å²) in [5, 5.41) is 8.72. The normalized spacial score (nSPS) is 10.5. The van der Waals surface area contributed by atoms with Crippen LogP contribution in [0, 0.1) is 9.39 Å². The Balaban J connectivity index is 3.24. The zero-order chi connectivity index (χ0) is 11.6. The van der Waals surface area contributed by atoms with Crippen LogP contribution in [0.15, 0.2) is 12.1 Å². The highest BCUT2D eigenvalue weighted by Crippen LogP contribution is 2.28. The number of benzene rings is 1. The lowest BCUT2D eigenvalue weighted by atomic mass is 10.2. The van der Waals surface area contributed by atoms with Crippen LogP contribution < -0.4 is 4.74 Å². The number of carboxylic acids is 1. The summed E-state index contributed by atoms with van der Waals surface area (Å²) < 4.78 is 19.4. The van der Waals surface area contributed by atoms with Gasteiger partial charge in [-0.2, -0.15) is 0 Å². The van der Waals surface area contributed by atoms with Gasteiger partial charge in [-0.15, -0.1) is 0 Å². The smallest absolute Gasteiger partial charge is 0.338 e. The lowest BCUT2D eigenvalue weighted by molar-refractivity contribution is 0.0690. The van der Waals surface area contributed by atoms with Gasteiger partial charge in [0.25, 0.3) is 0 Å². The summed E-state index contributed by atoms with van der Waals surface area (Å²) >= 11 is 1.90. The highest BCUT2D eigenvalue weighted by Gasteiger charge is 2.18. The van der Waals surface area contributed by atoms with Crippen molar-refractivity contribution in [3.05, 3.63) is 27.1 Å². The van der Waals surface area contributed by atoms with E-state index in [2.05, 4.69) is 0 Å². The van der Waals surface area contributed by atoms with E-state index < -0.39 is 11.8 Å². The van der Waals surface area contributed by atoms with Crippen molar-refractivity contribution >= 4 is 28.6 Å². The first kappa shape index (κ1) is 12.2. The molecule has 0 saturated carbocycles. The van der Waals surface area contributed by atoms with Crippen LogP contribution >= 0.6 is 22.6 Å². The topological polar surface area (TPSA) is 46.5 Å². The minimum Gasteiger partial charge on any atom is -0.487 e. The summed E-state index contributed by atoms with van der Waals surface area (Å²) in [5.74, 6) is -2.11. The first-order chi connectivity index (χ1) is 6.93. The molecule has 0 bridgehead atoms. The lowest BCUT2D eigenvalue weighted by Crippen LogP contribution is -2.11. The molecule has 0 radical (unpaired) electrons. The van der Waals surface area contributed by atoms with Crippen LogP contribution in [0.4, 0.5) is 4.39 Å². The minimum absolute atomic E-state index is 0.00509. The highest BCUT2D eigenvalue weighted by atomic mass is 127. The monoisotopic (exact) mass is 324 g/mol. The predicted octanol–water partition coefficient (Wildman–Crippen LogP) is 2.92. The van der Waals surface area contributed by atoms with E-state index in [9.17, 15) is 9.18 Å². The lowest BCUT2D eigenvalue weighted by Gasteiger charge is -2.13. The van der Waals surface area contributed by atoms with Gasteiger partial charge in [0.1, 0.15) is 0 Å². The van der Waals surface area contributed by atoms with Gasteiger partial charge in [-0.25, -0.2) is 9.18 Å². The largest absolute Gasteiger partial charge is 0.487 e. The molecule has 1 N–H and O–H groups in total. The van der Waals surface area contributed by atoms with E-state index in [0.29, 0.717) is 3.57 Å². The van der Waals surface area contributed by atoms with Crippen molar-refractivity contribution in [3.8, 4) is 5.75 Å². The van der Waals surface area contributed by atoms with Crippen molar-refractivity contribution < 1.29 is 19.0 Å². The highest BCUT2D eigenvalue weighted by molar-refractivity contribution is 14.1. The maximum atomic E-state index is 13.6. The fourth-order valence-electron chi connectivity index (χ4n) is 1.04. The molecule has 5 heteroatoms. The molecule has 1 aromatic rings. The van der Waals surface area contributed by atoms with Crippen LogP contribution in [0.5, 0.6) is 5.75 Å². The van der Waals surface area contributed by atoms with Crippen molar-refractivity contribution in [3.63, 3.8) is 0 Å². The summed E-state index contributed by atoms with van der Waals surface area (Å²) in [6, 6.07) is 2.75. The molecule has 0 aliphatic carbocycles. The molecule has 0 aromatic heterocycles. The van der Waals surface area contributed by atoms with Crippen molar-refractivity contribution in [2.75, 3.05) is 0 Å². The van der Waals surface area contributed by atoms with Gasteiger partial charge in [0.15, 0.2) is 11.6 Å². The molecule has 1 aromatic carbocycles. The molecule has 0 aliphatic rings. The number of hydrogen-bond acceptors (Lipinski definition) is 2. The van der Waals surface area contributed by atoms with Gasteiger partial charge < -0.3 is 9.84 Å². The maximum absolute atomic E-state index is 13.6. The van der Waals surface area contributed by atoms with Crippen LogP contribution in [0.3, 0.4) is 0 Å². The van der Waals surface area contributed by atoms with Crippen LogP contribution in [0.1, 0.15) is 24.2 Å². The fraction of sp³-hybridized carbons (Fsp3) is 0.300. The Morgan fingerprint density at radius 1 is 1.53 bits per heavy atom. The summed E-state index contributed by atoms with van der Waals surface area (Å²) in [6.45, 7) is 3.51. The van der Waals surface area contributed by atoms with Crippen LogP contribution in [-0.4, -0.2) is 17.2 Å². The zero-order valence-electron chi connectivity index (χ0n) is 8.25. The van der Waals surface area contributed by atoms with Gasteiger partial charge in [0.05, 0.1) is 15.2 Å². The number of ether oxygens (including phenoxy) is 1. The molecule has 0 heterocycles. The average Bonchev–Trinajstić information content (AvgIpc) is 2.11. The van der Waals surface area contributed by atoms with Gasteiger partial charge in [-0.3, -0.25) is 0 Å². The third-order valence-electron chi connectivity index (χ3n) is 1.63. The molecule has 0 saturated heterocycles. The van der Waals surface area contributed by atoms with Crippen LogP contribution in [-0.2, 0) is 0 Å². The SMILES string of the molecule is CC(C)Oc1c(I)ccc(C(=O)O)c1F. The zero-order valence-corrected chi connectivity index (χ0v) is 10.4. The average molecular weight is 324 g/mol. The Bertz CT molecular complexity index is 390. The molecular formula is C10H10FIO3. The number of rotatable bonds is 3. The molecule has 3 nitrogen and oxygen atoms in total. The van der Waals surface area contributed by atoms with E-state index in [4.69, 9.17) is 9.84 Å². The Hall–Kier alpha value is -0.850. The quantitative estimate of drug-likeness (QED) is 0.870. The standard InChI is InChI=1S/C10H10FIO3/c1-5(2)15-9-7(12)4-3-6(8(9)11)10(13)14/h3-5H,1-2H3,(H,13,14). The van der Waals surface area contributed by atoms with Gasteiger partial charge in [-0.05, 0) is 48.6 Å². The molecule has 0 fully saturated rings. The van der Waals surface area contributed by atoms with Crippen molar-refractivity contribution in [1.29, 1.82) is 0 Å². The number of aromatic carboxylic acids is 1. The van der Waals surface area contributed by atoms with E-state index in [1.165, 1.54) is 12.1 Å². The molecule has 1 rings (SSSR count). The Labute approximate surface area is 100 Å². The fourth-order valence-corrected chi connectivity index (χ4v) is 1.59. The third kappa shape index (κ3) is 2.80. The van der Waals surface area contributed by atoms with E-state index in [1.807, 2.05) is 22.6 Å². The first-order valence-corrected chi connectivity index (χ1v) is 5.39. The number of carbonyl (C=O) groups is 1. The van der Waals surface area contributed by atoms with Gasteiger partial charge in [0, 0.05) is 0 Å². The second kappa shape index (κ2) is 4.78. The molecule has 0 spiro atoms. The van der Waals surface area contributed by atoms with E-state index in [1.54, 1.807) is 13.8 Å². The van der Waals surface area contributed by atoms with Crippen molar-refractivity contribution in [2.24, 2.45) is 0 Å². The molecule has 0 atom stereocenters. The number of carboxylic acid groups (broad SMARTS) is 1.